The summed E-state index contributed by atoms with van der Waals surface area (Å²) < 4.78 is 0. The number of aliphatic hydroxyl groups excluding tert-OH is 1. The summed E-state index contributed by atoms with van der Waals surface area (Å²) in [6.45, 7) is 6.97. The van der Waals surface area contributed by atoms with Crippen molar-refractivity contribution in [1.82, 2.24) is 5.32 Å². The Balaban J connectivity index is 2.14. The Morgan fingerprint density at radius 2 is 2.19 bits per heavy atom. The molecule has 2 unspecified atom stereocenters. The van der Waals surface area contributed by atoms with Crippen LogP contribution < -0.4 is 10.2 Å². The maximum absolute atomic E-state index is 9.09. The number of hydrogen-bond acceptors (Lipinski definition) is 3. The zero-order valence-corrected chi connectivity index (χ0v) is 13.5. The number of para-hydroxylation sites is 1. The van der Waals surface area contributed by atoms with Crippen LogP contribution in [0.1, 0.15) is 57.6 Å². The summed E-state index contributed by atoms with van der Waals surface area (Å²) in [5.74, 6) is 0. The molecule has 0 radical (unpaired) electrons. The van der Waals surface area contributed by atoms with E-state index in [0.29, 0.717) is 18.7 Å². The predicted molar refractivity (Wildman–Crippen MR) is 89.8 cm³/mol. The summed E-state index contributed by atoms with van der Waals surface area (Å²) in [7, 11) is 0. The van der Waals surface area contributed by atoms with Crippen molar-refractivity contribution in [2.45, 2.75) is 58.0 Å². The smallest absolute Gasteiger partial charge is 0.0431 e. The normalized spacial score (nSPS) is 20.0. The van der Waals surface area contributed by atoms with Crippen LogP contribution in [-0.2, 0) is 0 Å². The number of aliphatic hydroxyl groups is 1. The van der Waals surface area contributed by atoms with Gasteiger partial charge in [-0.25, -0.2) is 0 Å². The Hall–Kier alpha value is -1.06. The number of rotatable bonds is 8. The molecule has 1 fully saturated rings. The summed E-state index contributed by atoms with van der Waals surface area (Å²) >= 11 is 0. The molecule has 0 amide bonds. The standard InChI is InChI=1S/C18H30N2O/c1-3-12-19-15(2)17-10-4-5-11-18(17)20-13-6-8-16(20)9-7-14-21/h4-5,10-11,15-16,19,21H,3,6-9,12-14H2,1-2H3. The van der Waals surface area contributed by atoms with Crippen molar-refractivity contribution in [1.29, 1.82) is 0 Å². The summed E-state index contributed by atoms with van der Waals surface area (Å²) in [5.41, 5.74) is 2.79. The maximum atomic E-state index is 9.09. The van der Waals surface area contributed by atoms with Crippen LogP contribution >= 0.6 is 0 Å². The highest BCUT2D eigenvalue weighted by Gasteiger charge is 2.26. The molecule has 1 aliphatic rings. The quantitative estimate of drug-likeness (QED) is 0.769. The van der Waals surface area contributed by atoms with Gasteiger partial charge in [-0.3, -0.25) is 0 Å². The van der Waals surface area contributed by atoms with Crippen LogP contribution in [0, 0.1) is 0 Å². The fourth-order valence-electron chi connectivity index (χ4n) is 3.37. The van der Waals surface area contributed by atoms with Gasteiger partial charge in [0.05, 0.1) is 0 Å². The first-order chi connectivity index (χ1) is 10.3. The Morgan fingerprint density at radius 1 is 1.38 bits per heavy atom. The minimum Gasteiger partial charge on any atom is -0.396 e. The van der Waals surface area contributed by atoms with E-state index in [2.05, 4.69) is 48.3 Å². The van der Waals surface area contributed by atoms with Crippen molar-refractivity contribution in [3.05, 3.63) is 29.8 Å². The molecule has 1 aromatic rings. The third kappa shape index (κ3) is 4.21. The topological polar surface area (TPSA) is 35.5 Å². The lowest BCUT2D eigenvalue weighted by Gasteiger charge is -2.30. The van der Waals surface area contributed by atoms with Gasteiger partial charge in [-0.1, -0.05) is 25.1 Å². The van der Waals surface area contributed by atoms with Gasteiger partial charge in [0.25, 0.3) is 0 Å². The van der Waals surface area contributed by atoms with Crippen molar-refractivity contribution in [2.75, 3.05) is 24.6 Å². The number of benzene rings is 1. The Labute approximate surface area is 129 Å². The predicted octanol–water partition coefficient (Wildman–Crippen LogP) is 3.49. The molecule has 0 aliphatic carbocycles. The van der Waals surface area contributed by atoms with E-state index in [0.717, 1.165) is 32.4 Å². The van der Waals surface area contributed by atoms with Gasteiger partial charge in [-0.05, 0) is 57.2 Å². The van der Waals surface area contributed by atoms with E-state index in [9.17, 15) is 0 Å². The molecule has 2 atom stereocenters. The lowest BCUT2D eigenvalue weighted by atomic mass is 10.0. The van der Waals surface area contributed by atoms with Crippen molar-refractivity contribution in [3.8, 4) is 0 Å². The van der Waals surface area contributed by atoms with Crippen LogP contribution in [-0.4, -0.2) is 30.8 Å². The van der Waals surface area contributed by atoms with Crippen molar-refractivity contribution in [3.63, 3.8) is 0 Å². The third-order valence-electron chi connectivity index (χ3n) is 4.49. The molecular formula is C18H30N2O. The highest BCUT2D eigenvalue weighted by molar-refractivity contribution is 5.56. The van der Waals surface area contributed by atoms with Crippen molar-refractivity contribution >= 4 is 5.69 Å². The average molecular weight is 290 g/mol. The van der Waals surface area contributed by atoms with Gasteiger partial charge in [0.2, 0.25) is 0 Å². The number of anilines is 1. The summed E-state index contributed by atoms with van der Waals surface area (Å²) in [5, 5.41) is 12.7. The highest BCUT2D eigenvalue weighted by Crippen LogP contribution is 2.33. The van der Waals surface area contributed by atoms with Gasteiger partial charge in [-0.2, -0.15) is 0 Å². The molecule has 0 saturated carbocycles. The second-order valence-electron chi connectivity index (χ2n) is 6.09. The van der Waals surface area contributed by atoms with Crippen LogP contribution in [0.5, 0.6) is 0 Å². The molecule has 3 nitrogen and oxygen atoms in total. The van der Waals surface area contributed by atoms with Gasteiger partial charge in [-0.15, -0.1) is 0 Å². The molecule has 2 N–H and O–H groups in total. The summed E-state index contributed by atoms with van der Waals surface area (Å²) in [6, 6.07) is 9.78. The fourth-order valence-corrected chi connectivity index (χ4v) is 3.37. The molecule has 3 heteroatoms. The molecule has 0 spiro atoms. The Bertz CT molecular complexity index is 421. The van der Waals surface area contributed by atoms with Crippen LogP contribution in [0.2, 0.25) is 0 Å². The summed E-state index contributed by atoms with van der Waals surface area (Å²) in [4.78, 5) is 2.56. The van der Waals surface area contributed by atoms with Crippen molar-refractivity contribution in [2.24, 2.45) is 0 Å². The maximum Gasteiger partial charge on any atom is 0.0431 e. The Morgan fingerprint density at radius 3 is 2.95 bits per heavy atom. The first-order valence-electron chi connectivity index (χ1n) is 8.47. The lowest BCUT2D eigenvalue weighted by Crippen LogP contribution is -2.31. The second kappa shape index (κ2) is 8.40. The van der Waals surface area contributed by atoms with E-state index in [1.807, 2.05) is 0 Å². The first-order valence-corrected chi connectivity index (χ1v) is 8.47. The first kappa shape index (κ1) is 16.3. The van der Waals surface area contributed by atoms with Crippen LogP contribution in [0.25, 0.3) is 0 Å². The minimum atomic E-state index is 0.306. The highest BCUT2D eigenvalue weighted by atomic mass is 16.2. The molecule has 1 aliphatic heterocycles. The van der Waals surface area contributed by atoms with Crippen LogP contribution in [0.3, 0.4) is 0 Å². The van der Waals surface area contributed by atoms with Gasteiger partial charge in [0, 0.05) is 30.9 Å². The third-order valence-corrected chi connectivity index (χ3v) is 4.49. The molecule has 0 aromatic heterocycles. The Kier molecular flexibility index (Phi) is 6.52. The average Bonchev–Trinajstić information content (AvgIpc) is 2.98. The minimum absolute atomic E-state index is 0.306. The second-order valence-corrected chi connectivity index (χ2v) is 6.09. The monoisotopic (exact) mass is 290 g/mol. The van der Waals surface area contributed by atoms with Gasteiger partial charge < -0.3 is 15.3 Å². The molecule has 21 heavy (non-hydrogen) atoms. The zero-order chi connectivity index (χ0) is 15.1. The van der Waals surface area contributed by atoms with Crippen LogP contribution in [0.15, 0.2) is 24.3 Å². The zero-order valence-electron chi connectivity index (χ0n) is 13.5. The van der Waals surface area contributed by atoms with E-state index < -0.39 is 0 Å². The molecule has 0 bridgehead atoms. The van der Waals surface area contributed by atoms with E-state index in [-0.39, 0.29) is 0 Å². The molecule has 2 rings (SSSR count). The molecule has 1 aromatic carbocycles. The van der Waals surface area contributed by atoms with Gasteiger partial charge in [0.15, 0.2) is 0 Å². The SMILES string of the molecule is CCCNC(C)c1ccccc1N1CCCC1CCCO. The largest absolute Gasteiger partial charge is 0.396 e. The van der Waals surface area contributed by atoms with E-state index >= 15 is 0 Å². The number of nitrogens with zero attached hydrogens (tertiary/aromatic N) is 1. The molecule has 1 saturated heterocycles. The molecule has 118 valence electrons. The van der Waals surface area contributed by atoms with Gasteiger partial charge >= 0.3 is 0 Å². The van der Waals surface area contributed by atoms with E-state index in [1.54, 1.807) is 0 Å². The lowest BCUT2D eigenvalue weighted by molar-refractivity contribution is 0.279. The van der Waals surface area contributed by atoms with Crippen LogP contribution in [0.4, 0.5) is 5.69 Å². The fraction of sp³-hybridized carbons (Fsp3) is 0.667. The van der Waals surface area contributed by atoms with Gasteiger partial charge in [0.1, 0.15) is 0 Å². The summed E-state index contributed by atoms with van der Waals surface area (Å²) in [6.07, 6.45) is 5.69. The number of hydrogen-bond donors (Lipinski definition) is 2. The van der Waals surface area contributed by atoms with E-state index in [4.69, 9.17) is 5.11 Å². The van der Waals surface area contributed by atoms with E-state index in [1.165, 1.54) is 24.1 Å². The molecular weight excluding hydrogens is 260 g/mol. The molecule has 1 heterocycles. The number of nitrogens with one attached hydrogen (secondary N) is 1. The van der Waals surface area contributed by atoms with Crippen molar-refractivity contribution < 1.29 is 5.11 Å².